The third kappa shape index (κ3) is 1.49. The zero-order chi connectivity index (χ0) is 11.0. The van der Waals surface area contributed by atoms with Gasteiger partial charge in [-0.05, 0) is 5.56 Å². The molecular formula is C12H8ClN3. The second kappa shape index (κ2) is 3.68. The number of rotatable bonds is 1. The van der Waals surface area contributed by atoms with E-state index in [1.165, 1.54) is 6.33 Å². The smallest absolute Gasteiger partial charge is 0.158 e. The van der Waals surface area contributed by atoms with Gasteiger partial charge in [-0.25, -0.2) is 15.0 Å². The first-order valence-electron chi connectivity index (χ1n) is 4.97. The van der Waals surface area contributed by atoms with Crippen LogP contribution in [-0.2, 0) is 6.42 Å². The summed E-state index contributed by atoms with van der Waals surface area (Å²) in [5, 5.41) is 0.427. The quantitative estimate of drug-likeness (QED) is 0.706. The zero-order valence-electron chi connectivity index (χ0n) is 8.39. The summed E-state index contributed by atoms with van der Waals surface area (Å²) in [6.45, 7) is 0. The first-order chi connectivity index (χ1) is 7.84. The van der Waals surface area contributed by atoms with Gasteiger partial charge in [0.15, 0.2) is 5.15 Å². The summed E-state index contributed by atoms with van der Waals surface area (Å²) >= 11 is 5.96. The predicted molar refractivity (Wildman–Crippen MR) is 63.4 cm³/mol. The topological polar surface area (TPSA) is 38.1 Å². The van der Waals surface area contributed by atoms with E-state index in [1.807, 2.05) is 30.3 Å². The van der Waals surface area contributed by atoms with Gasteiger partial charge in [0, 0.05) is 6.42 Å². The SMILES string of the molecule is Clc1ncnc2c1N=C(c1ccccc1)C2. The molecule has 3 rings (SSSR count). The summed E-state index contributed by atoms with van der Waals surface area (Å²) in [7, 11) is 0. The Labute approximate surface area is 97.9 Å². The molecule has 0 atom stereocenters. The molecule has 0 N–H and O–H groups in total. The second-order valence-electron chi connectivity index (χ2n) is 3.56. The molecule has 0 saturated heterocycles. The standard InChI is InChI=1S/C12H8ClN3/c13-12-11-10(14-7-15-12)6-9(16-11)8-4-2-1-3-5-8/h1-5,7H,6H2. The van der Waals surface area contributed by atoms with Crippen molar-refractivity contribution in [3.8, 4) is 0 Å². The summed E-state index contributed by atoms with van der Waals surface area (Å²) < 4.78 is 0. The maximum atomic E-state index is 5.96. The molecule has 2 aromatic rings. The Balaban J connectivity index is 2.06. The van der Waals surface area contributed by atoms with Gasteiger partial charge in [0.25, 0.3) is 0 Å². The molecule has 0 saturated carbocycles. The van der Waals surface area contributed by atoms with Gasteiger partial charge in [0.1, 0.15) is 12.0 Å². The van der Waals surface area contributed by atoms with E-state index < -0.39 is 0 Å². The van der Waals surface area contributed by atoms with Crippen LogP contribution in [-0.4, -0.2) is 15.7 Å². The highest BCUT2D eigenvalue weighted by Crippen LogP contribution is 2.32. The van der Waals surface area contributed by atoms with Crippen molar-refractivity contribution in [3.05, 3.63) is 53.1 Å². The van der Waals surface area contributed by atoms with Gasteiger partial charge in [-0.15, -0.1) is 0 Å². The number of aliphatic imine (C=N–C) groups is 1. The molecule has 1 aromatic heterocycles. The average molecular weight is 230 g/mol. The van der Waals surface area contributed by atoms with Crippen molar-refractivity contribution in [3.63, 3.8) is 0 Å². The van der Waals surface area contributed by atoms with E-state index in [4.69, 9.17) is 11.6 Å². The van der Waals surface area contributed by atoms with Crippen molar-refractivity contribution in [1.82, 2.24) is 9.97 Å². The molecule has 0 aliphatic carbocycles. The van der Waals surface area contributed by atoms with Crippen molar-refractivity contribution in [2.24, 2.45) is 4.99 Å². The zero-order valence-corrected chi connectivity index (χ0v) is 9.15. The summed E-state index contributed by atoms with van der Waals surface area (Å²) in [5.41, 5.74) is 3.72. The third-order valence-corrected chi connectivity index (χ3v) is 2.82. The van der Waals surface area contributed by atoms with Crippen LogP contribution in [0.5, 0.6) is 0 Å². The molecule has 0 fully saturated rings. The van der Waals surface area contributed by atoms with E-state index >= 15 is 0 Å². The number of aromatic nitrogens is 2. The lowest BCUT2D eigenvalue weighted by Gasteiger charge is -1.97. The van der Waals surface area contributed by atoms with E-state index in [0.29, 0.717) is 10.8 Å². The number of halogens is 1. The van der Waals surface area contributed by atoms with Crippen LogP contribution in [0, 0.1) is 0 Å². The van der Waals surface area contributed by atoms with E-state index in [-0.39, 0.29) is 0 Å². The van der Waals surface area contributed by atoms with Crippen molar-refractivity contribution in [2.75, 3.05) is 0 Å². The fraction of sp³-hybridized carbons (Fsp3) is 0.0833. The molecule has 2 heterocycles. The Kier molecular flexibility index (Phi) is 2.18. The first-order valence-corrected chi connectivity index (χ1v) is 5.35. The molecule has 0 amide bonds. The van der Waals surface area contributed by atoms with Crippen molar-refractivity contribution < 1.29 is 0 Å². The summed E-state index contributed by atoms with van der Waals surface area (Å²) in [6, 6.07) is 10.0. The molecule has 0 bridgehead atoms. The fourth-order valence-corrected chi connectivity index (χ4v) is 1.96. The Morgan fingerprint density at radius 1 is 1.06 bits per heavy atom. The lowest BCUT2D eigenvalue weighted by molar-refractivity contribution is 1.09. The normalized spacial score (nSPS) is 13.4. The van der Waals surface area contributed by atoms with Crippen molar-refractivity contribution in [2.45, 2.75) is 6.42 Å². The number of nitrogens with zero attached hydrogens (tertiary/aromatic N) is 3. The molecule has 1 aromatic carbocycles. The maximum Gasteiger partial charge on any atom is 0.158 e. The van der Waals surface area contributed by atoms with Gasteiger partial charge in [-0.1, -0.05) is 41.9 Å². The lowest BCUT2D eigenvalue weighted by Crippen LogP contribution is -2.00. The van der Waals surface area contributed by atoms with E-state index in [1.54, 1.807) is 0 Å². The van der Waals surface area contributed by atoms with Gasteiger partial charge in [0.05, 0.1) is 11.4 Å². The lowest BCUT2D eigenvalue weighted by atomic mass is 10.1. The van der Waals surface area contributed by atoms with Crippen LogP contribution in [0.3, 0.4) is 0 Å². The number of benzene rings is 1. The Hall–Kier alpha value is -1.74. The highest BCUT2D eigenvalue weighted by atomic mass is 35.5. The van der Waals surface area contributed by atoms with Crippen LogP contribution in [0.25, 0.3) is 0 Å². The molecule has 78 valence electrons. The minimum absolute atomic E-state index is 0.427. The fourth-order valence-electron chi connectivity index (χ4n) is 1.76. The summed E-state index contributed by atoms with van der Waals surface area (Å²) in [6.07, 6.45) is 2.20. The Bertz CT molecular complexity index is 564. The van der Waals surface area contributed by atoms with Crippen molar-refractivity contribution >= 4 is 23.0 Å². The summed E-state index contributed by atoms with van der Waals surface area (Å²) in [5.74, 6) is 0. The van der Waals surface area contributed by atoms with E-state index in [9.17, 15) is 0 Å². The van der Waals surface area contributed by atoms with Gasteiger partial charge in [-0.2, -0.15) is 0 Å². The number of fused-ring (bicyclic) bond motifs is 1. The molecule has 16 heavy (non-hydrogen) atoms. The Morgan fingerprint density at radius 2 is 1.88 bits per heavy atom. The molecule has 3 nitrogen and oxygen atoms in total. The number of hydrogen-bond acceptors (Lipinski definition) is 3. The average Bonchev–Trinajstić information content (AvgIpc) is 2.76. The van der Waals surface area contributed by atoms with Gasteiger partial charge in [0.2, 0.25) is 0 Å². The maximum absolute atomic E-state index is 5.96. The molecule has 0 unspecified atom stereocenters. The molecule has 1 aliphatic rings. The largest absolute Gasteiger partial charge is 0.247 e. The monoisotopic (exact) mass is 229 g/mol. The summed E-state index contributed by atoms with van der Waals surface area (Å²) in [4.78, 5) is 12.6. The minimum Gasteiger partial charge on any atom is -0.247 e. The molecule has 0 radical (unpaired) electrons. The van der Waals surface area contributed by atoms with Crippen LogP contribution in [0.1, 0.15) is 11.3 Å². The molecular weight excluding hydrogens is 222 g/mol. The first kappa shape index (κ1) is 9.48. The molecule has 0 spiro atoms. The van der Waals surface area contributed by atoms with Crippen LogP contribution in [0.2, 0.25) is 5.15 Å². The van der Waals surface area contributed by atoms with Crippen LogP contribution >= 0.6 is 11.6 Å². The van der Waals surface area contributed by atoms with E-state index in [2.05, 4.69) is 15.0 Å². The minimum atomic E-state index is 0.427. The van der Waals surface area contributed by atoms with Crippen LogP contribution in [0.15, 0.2) is 41.7 Å². The van der Waals surface area contributed by atoms with Crippen LogP contribution < -0.4 is 0 Å². The highest BCUT2D eigenvalue weighted by molar-refractivity contribution is 6.32. The van der Waals surface area contributed by atoms with E-state index in [0.717, 1.165) is 23.4 Å². The van der Waals surface area contributed by atoms with Gasteiger partial charge in [-0.3, -0.25) is 0 Å². The highest BCUT2D eigenvalue weighted by Gasteiger charge is 2.19. The van der Waals surface area contributed by atoms with Crippen molar-refractivity contribution in [1.29, 1.82) is 0 Å². The molecule has 4 heteroatoms. The predicted octanol–water partition coefficient (Wildman–Crippen LogP) is 2.81. The Morgan fingerprint density at radius 3 is 2.62 bits per heavy atom. The second-order valence-corrected chi connectivity index (χ2v) is 3.92. The van der Waals surface area contributed by atoms with Gasteiger partial charge < -0.3 is 0 Å². The number of hydrogen-bond donors (Lipinski definition) is 0. The third-order valence-electron chi connectivity index (χ3n) is 2.54. The van der Waals surface area contributed by atoms with Crippen LogP contribution in [0.4, 0.5) is 5.69 Å². The molecule has 1 aliphatic heterocycles. The van der Waals surface area contributed by atoms with Gasteiger partial charge >= 0.3 is 0 Å².